The first-order chi connectivity index (χ1) is 11.0. The van der Waals surface area contributed by atoms with Crippen molar-refractivity contribution in [3.8, 4) is 0 Å². The van der Waals surface area contributed by atoms with Gasteiger partial charge in [-0.25, -0.2) is 0 Å². The lowest BCUT2D eigenvalue weighted by molar-refractivity contribution is -0.213. The summed E-state index contributed by atoms with van der Waals surface area (Å²) in [6.07, 6.45) is -3.36. The molecule has 12 heteroatoms. The molecule has 0 aromatic carbocycles. The van der Waals surface area contributed by atoms with Crippen LogP contribution in [0.4, 0.5) is 0 Å². The van der Waals surface area contributed by atoms with Crippen molar-refractivity contribution in [2.45, 2.75) is 44.5 Å². The molecule has 0 aliphatic carbocycles. The molecule has 0 aromatic rings. The fourth-order valence-electron chi connectivity index (χ4n) is 2.02. The maximum absolute atomic E-state index is 11.3. The normalized spacial score (nSPS) is 27.2. The Morgan fingerprint density at radius 1 is 1.04 bits per heavy atom. The summed E-state index contributed by atoms with van der Waals surface area (Å²) >= 11 is 0.712. The molecule has 0 unspecified atom stereocenters. The molecule has 0 radical (unpaired) electrons. The van der Waals surface area contributed by atoms with Gasteiger partial charge in [0.25, 0.3) is 0 Å². The molecule has 4 atom stereocenters. The first-order valence-electron chi connectivity index (χ1n) is 6.79. The second kappa shape index (κ2) is 8.82. The minimum absolute atomic E-state index is 0.186. The average Bonchev–Trinajstić information content (AvgIpc) is 2.38. The molecule has 1 aliphatic rings. The summed E-state index contributed by atoms with van der Waals surface area (Å²) in [5.74, 6) is -2.07. The van der Waals surface area contributed by atoms with E-state index in [0.717, 1.165) is 20.8 Å². The van der Waals surface area contributed by atoms with Gasteiger partial charge in [0.05, 0.1) is 12.1 Å². The number of rotatable bonds is 6. The number of carbonyl (C=O) groups excluding carboxylic acids is 3. The zero-order valence-electron chi connectivity index (χ0n) is 13.2. The van der Waals surface area contributed by atoms with Gasteiger partial charge < -0.3 is 28.7 Å². The third-order valence-corrected chi connectivity index (χ3v) is 5.39. The summed E-state index contributed by atoms with van der Waals surface area (Å²) in [7, 11) is -4.33. The largest absolute Gasteiger partial charge is 0.456 e. The number of ether oxygens (including phenoxy) is 4. The van der Waals surface area contributed by atoms with Crippen LogP contribution in [0.3, 0.4) is 0 Å². The maximum Gasteiger partial charge on any atom is 0.335 e. The van der Waals surface area contributed by atoms with Gasteiger partial charge in [0.2, 0.25) is 0 Å². The highest BCUT2D eigenvalue weighted by molar-refractivity contribution is 8.04. The molecule has 24 heavy (non-hydrogen) atoms. The van der Waals surface area contributed by atoms with Gasteiger partial charge in [0.15, 0.2) is 18.3 Å². The Balaban J connectivity index is 3.01. The molecule has 0 spiro atoms. The molecule has 1 rings (SSSR count). The standard InChI is InChI=1S/C12H19O10PS/c1-6(13)20-9-4-19-12(24-5-23(16,17)18)11(22-8(3)15)10(9)21-7(2)14/h9-12H,4-5H2,1-3H3,(H2,16,17,18)/t9-,10-,11+,12-/m0/s1. The SMILES string of the molecule is CC(=O)O[C@@H]1[C@@H](OC(C)=O)[C@H](SCP(=O)(O)O)OC[C@@H]1OC(C)=O. The van der Waals surface area contributed by atoms with Crippen molar-refractivity contribution in [3.63, 3.8) is 0 Å². The van der Waals surface area contributed by atoms with E-state index in [4.69, 9.17) is 28.7 Å². The van der Waals surface area contributed by atoms with Gasteiger partial charge in [0, 0.05) is 20.8 Å². The molecule has 10 nitrogen and oxygen atoms in total. The van der Waals surface area contributed by atoms with Gasteiger partial charge in [-0.15, -0.1) is 11.8 Å². The fourth-order valence-corrected chi connectivity index (χ4v) is 3.96. The molecule has 1 heterocycles. The van der Waals surface area contributed by atoms with Crippen molar-refractivity contribution in [1.29, 1.82) is 0 Å². The molecule has 0 bridgehead atoms. The van der Waals surface area contributed by atoms with Crippen molar-refractivity contribution < 1.29 is 47.7 Å². The molecule has 1 aliphatic heterocycles. The third-order valence-electron chi connectivity index (χ3n) is 2.71. The Morgan fingerprint density at radius 2 is 1.54 bits per heavy atom. The molecule has 0 amide bonds. The second-order valence-electron chi connectivity index (χ2n) is 4.96. The van der Waals surface area contributed by atoms with E-state index in [-0.39, 0.29) is 6.61 Å². The number of hydrogen-bond acceptors (Lipinski definition) is 9. The minimum Gasteiger partial charge on any atom is -0.456 e. The zero-order valence-corrected chi connectivity index (χ0v) is 15.0. The average molecular weight is 386 g/mol. The Hall–Kier alpha value is -1.13. The highest BCUT2D eigenvalue weighted by Gasteiger charge is 2.47. The Labute approximate surface area is 142 Å². The van der Waals surface area contributed by atoms with E-state index in [0.29, 0.717) is 11.8 Å². The smallest absolute Gasteiger partial charge is 0.335 e. The van der Waals surface area contributed by atoms with Gasteiger partial charge >= 0.3 is 25.5 Å². The molecule has 138 valence electrons. The Kier molecular flexibility index (Phi) is 7.68. The topological polar surface area (TPSA) is 146 Å². The van der Waals surface area contributed by atoms with E-state index in [1.807, 2.05) is 0 Å². The summed E-state index contributed by atoms with van der Waals surface area (Å²) in [5, 5.41) is 0. The molecular formula is C12H19O10PS. The zero-order chi connectivity index (χ0) is 18.5. The lowest BCUT2D eigenvalue weighted by Crippen LogP contribution is -2.56. The Bertz CT molecular complexity index is 532. The summed E-state index contributed by atoms with van der Waals surface area (Å²) < 4.78 is 31.6. The lowest BCUT2D eigenvalue weighted by Gasteiger charge is -2.40. The fraction of sp³-hybridized carbons (Fsp3) is 0.750. The quantitative estimate of drug-likeness (QED) is 0.361. The lowest BCUT2D eigenvalue weighted by atomic mass is 10.1. The highest BCUT2D eigenvalue weighted by Crippen LogP contribution is 2.42. The van der Waals surface area contributed by atoms with Crippen LogP contribution in [0.15, 0.2) is 0 Å². The number of thioether (sulfide) groups is 1. The molecule has 0 aromatic heterocycles. The predicted octanol–water partition coefficient (Wildman–Crippen LogP) is 0.00620. The number of esters is 3. The van der Waals surface area contributed by atoms with Crippen molar-refractivity contribution in [3.05, 3.63) is 0 Å². The van der Waals surface area contributed by atoms with Crippen LogP contribution in [0.25, 0.3) is 0 Å². The van der Waals surface area contributed by atoms with Crippen LogP contribution in [-0.4, -0.2) is 63.5 Å². The van der Waals surface area contributed by atoms with Crippen LogP contribution in [0.5, 0.6) is 0 Å². The highest BCUT2D eigenvalue weighted by atomic mass is 32.2. The van der Waals surface area contributed by atoms with Gasteiger partial charge in [-0.1, -0.05) is 0 Å². The van der Waals surface area contributed by atoms with Crippen LogP contribution >= 0.6 is 19.4 Å². The van der Waals surface area contributed by atoms with Gasteiger partial charge in [0.1, 0.15) is 5.44 Å². The molecular weight excluding hydrogens is 367 g/mol. The predicted molar refractivity (Wildman–Crippen MR) is 80.9 cm³/mol. The van der Waals surface area contributed by atoms with Crippen LogP contribution in [0.1, 0.15) is 20.8 Å². The van der Waals surface area contributed by atoms with Crippen LogP contribution in [-0.2, 0) is 37.9 Å². The summed E-state index contributed by atoms with van der Waals surface area (Å²) in [6.45, 7) is 3.21. The van der Waals surface area contributed by atoms with Crippen molar-refractivity contribution in [2.24, 2.45) is 0 Å². The van der Waals surface area contributed by atoms with E-state index in [1.54, 1.807) is 0 Å². The Morgan fingerprint density at radius 3 is 2.00 bits per heavy atom. The summed E-state index contributed by atoms with van der Waals surface area (Å²) in [4.78, 5) is 51.8. The van der Waals surface area contributed by atoms with Crippen molar-refractivity contribution >= 4 is 37.3 Å². The van der Waals surface area contributed by atoms with Crippen molar-refractivity contribution in [1.82, 2.24) is 0 Å². The van der Waals surface area contributed by atoms with Crippen LogP contribution < -0.4 is 0 Å². The van der Waals surface area contributed by atoms with E-state index >= 15 is 0 Å². The monoisotopic (exact) mass is 386 g/mol. The van der Waals surface area contributed by atoms with Gasteiger partial charge in [-0.05, 0) is 0 Å². The van der Waals surface area contributed by atoms with Crippen molar-refractivity contribution in [2.75, 3.05) is 12.1 Å². The first kappa shape index (κ1) is 20.9. The molecule has 0 saturated carbocycles. The summed E-state index contributed by atoms with van der Waals surface area (Å²) in [6, 6.07) is 0. The van der Waals surface area contributed by atoms with E-state index in [9.17, 15) is 18.9 Å². The van der Waals surface area contributed by atoms with Crippen LogP contribution in [0.2, 0.25) is 0 Å². The minimum atomic E-state index is -4.33. The van der Waals surface area contributed by atoms with Crippen LogP contribution in [0, 0.1) is 0 Å². The number of hydrogen-bond donors (Lipinski definition) is 2. The molecule has 1 saturated heterocycles. The third kappa shape index (κ3) is 7.18. The molecule has 2 N–H and O–H groups in total. The van der Waals surface area contributed by atoms with Gasteiger partial charge in [-0.3, -0.25) is 18.9 Å². The number of carbonyl (C=O) groups is 3. The van der Waals surface area contributed by atoms with E-state index in [1.165, 1.54) is 0 Å². The maximum atomic E-state index is 11.3. The van der Waals surface area contributed by atoms with E-state index in [2.05, 4.69) is 0 Å². The van der Waals surface area contributed by atoms with Gasteiger partial charge in [-0.2, -0.15) is 0 Å². The second-order valence-corrected chi connectivity index (χ2v) is 8.12. The summed E-state index contributed by atoms with van der Waals surface area (Å²) in [5.41, 5.74) is -1.59. The molecule has 1 fully saturated rings. The van der Waals surface area contributed by atoms with E-state index < -0.39 is 54.7 Å². The first-order valence-corrected chi connectivity index (χ1v) is 9.63.